The molecule has 4 aromatic rings. The molecular weight excluding hydrogens is 378 g/mol. The number of aromatic amines is 1. The zero-order valence-corrected chi connectivity index (χ0v) is 16.9. The molecule has 0 aliphatic rings. The maximum absolute atomic E-state index is 13.0. The Morgan fingerprint density at radius 1 is 1.07 bits per heavy atom. The van der Waals surface area contributed by atoms with Crippen molar-refractivity contribution in [1.29, 1.82) is 0 Å². The van der Waals surface area contributed by atoms with E-state index < -0.39 is 0 Å². The van der Waals surface area contributed by atoms with Crippen molar-refractivity contribution in [3.05, 3.63) is 93.4 Å². The number of carbonyl (C=O) groups is 1. The quantitative estimate of drug-likeness (QED) is 0.518. The molecule has 30 heavy (non-hydrogen) atoms. The molecule has 2 heterocycles. The SMILES string of the molecule is CCC(C(=O)Nc1nc2nc(C)c(Cc3ccccc3)c(=O)n2[nH]1)c1ccccc1. The van der Waals surface area contributed by atoms with Crippen molar-refractivity contribution in [2.75, 3.05) is 5.32 Å². The second-order valence-electron chi connectivity index (χ2n) is 7.21. The van der Waals surface area contributed by atoms with Crippen LogP contribution in [0.3, 0.4) is 0 Å². The Balaban J connectivity index is 1.63. The fourth-order valence-electron chi connectivity index (χ4n) is 3.58. The number of carbonyl (C=O) groups excluding carboxylic acids is 1. The lowest BCUT2D eigenvalue weighted by atomic mass is 9.96. The van der Waals surface area contributed by atoms with E-state index in [4.69, 9.17) is 0 Å². The van der Waals surface area contributed by atoms with E-state index in [-0.39, 0.29) is 29.1 Å². The van der Waals surface area contributed by atoms with Crippen LogP contribution in [0.5, 0.6) is 0 Å². The highest BCUT2D eigenvalue weighted by Gasteiger charge is 2.21. The first-order chi connectivity index (χ1) is 14.6. The summed E-state index contributed by atoms with van der Waals surface area (Å²) >= 11 is 0. The highest BCUT2D eigenvalue weighted by atomic mass is 16.2. The standard InChI is InChI=1S/C23H23N5O2/c1-3-18(17-12-8-5-9-13-17)20(29)25-22-26-23-24-15(2)19(21(30)28(23)27-22)14-16-10-6-4-7-11-16/h4-13,18H,3,14H2,1-2H3,(H2,24,25,26,27,29). The molecule has 0 aliphatic carbocycles. The summed E-state index contributed by atoms with van der Waals surface area (Å²) in [6, 6.07) is 19.4. The van der Waals surface area contributed by atoms with Crippen molar-refractivity contribution in [2.24, 2.45) is 0 Å². The lowest BCUT2D eigenvalue weighted by Crippen LogP contribution is -2.23. The van der Waals surface area contributed by atoms with Gasteiger partial charge >= 0.3 is 0 Å². The van der Waals surface area contributed by atoms with Gasteiger partial charge in [-0.2, -0.15) is 9.50 Å². The number of hydrogen-bond acceptors (Lipinski definition) is 4. The van der Waals surface area contributed by atoms with Crippen LogP contribution in [-0.2, 0) is 11.2 Å². The number of amides is 1. The Labute approximate surface area is 173 Å². The molecule has 0 aliphatic heterocycles. The van der Waals surface area contributed by atoms with Crippen LogP contribution in [0.2, 0.25) is 0 Å². The van der Waals surface area contributed by atoms with Gasteiger partial charge in [-0.3, -0.25) is 20.0 Å². The van der Waals surface area contributed by atoms with Crippen molar-refractivity contribution in [3.8, 4) is 0 Å². The molecule has 4 rings (SSSR count). The Bertz CT molecular complexity index is 1230. The summed E-state index contributed by atoms with van der Waals surface area (Å²) in [6.45, 7) is 3.76. The van der Waals surface area contributed by atoms with E-state index in [1.54, 1.807) is 6.92 Å². The number of anilines is 1. The molecule has 1 amide bonds. The molecule has 2 aromatic heterocycles. The Morgan fingerprint density at radius 3 is 2.40 bits per heavy atom. The lowest BCUT2D eigenvalue weighted by molar-refractivity contribution is -0.117. The van der Waals surface area contributed by atoms with Crippen molar-refractivity contribution in [1.82, 2.24) is 19.6 Å². The smallest absolute Gasteiger partial charge is 0.277 e. The maximum Gasteiger partial charge on any atom is 0.277 e. The number of benzene rings is 2. The zero-order valence-electron chi connectivity index (χ0n) is 16.9. The van der Waals surface area contributed by atoms with Crippen LogP contribution in [0.4, 0.5) is 5.95 Å². The van der Waals surface area contributed by atoms with Gasteiger partial charge in [0.05, 0.1) is 11.6 Å². The van der Waals surface area contributed by atoms with E-state index in [2.05, 4.69) is 20.4 Å². The molecule has 1 unspecified atom stereocenters. The average Bonchev–Trinajstić information content (AvgIpc) is 3.15. The third kappa shape index (κ3) is 3.87. The normalized spacial score (nSPS) is 12.1. The molecule has 7 heteroatoms. The summed E-state index contributed by atoms with van der Waals surface area (Å²) in [5.74, 6) is -0.0517. The van der Waals surface area contributed by atoms with Crippen LogP contribution in [0.15, 0.2) is 65.5 Å². The minimum atomic E-state index is -0.306. The van der Waals surface area contributed by atoms with Crippen LogP contribution >= 0.6 is 0 Å². The van der Waals surface area contributed by atoms with Crippen molar-refractivity contribution in [2.45, 2.75) is 32.6 Å². The third-order valence-corrected chi connectivity index (χ3v) is 5.19. The van der Waals surface area contributed by atoms with E-state index in [1.165, 1.54) is 4.52 Å². The molecule has 0 radical (unpaired) electrons. The largest absolute Gasteiger partial charge is 0.294 e. The Kier molecular flexibility index (Phi) is 5.43. The van der Waals surface area contributed by atoms with Gasteiger partial charge in [-0.25, -0.2) is 4.98 Å². The molecule has 0 saturated carbocycles. The number of H-pyrrole nitrogens is 1. The summed E-state index contributed by atoms with van der Waals surface area (Å²) in [6.07, 6.45) is 1.13. The number of aryl methyl sites for hydroxylation is 1. The lowest BCUT2D eigenvalue weighted by Gasteiger charge is -2.13. The minimum absolute atomic E-state index is 0.183. The summed E-state index contributed by atoms with van der Waals surface area (Å²) in [5, 5.41) is 5.67. The molecule has 0 fully saturated rings. The second kappa shape index (κ2) is 8.32. The summed E-state index contributed by atoms with van der Waals surface area (Å²) in [4.78, 5) is 34.6. The fourth-order valence-corrected chi connectivity index (χ4v) is 3.58. The Morgan fingerprint density at radius 2 is 1.73 bits per heavy atom. The molecular formula is C23H23N5O2. The first-order valence-corrected chi connectivity index (χ1v) is 9.94. The molecule has 0 bridgehead atoms. The number of nitrogens with one attached hydrogen (secondary N) is 2. The van der Waals surface area contributed by atoms with Gasteiger partial charge in [0, 0.05) is 12.0 Å². The highest BCUT2D eigenvalue weighted by Crippen LogP contribution is 2.21. The number of hydrogen-bond donors (Lipinski definition) is 2. The van der Waals surface area contributed by atoms with Crippen LogP contribution in [-0.4, -0.2) is 25.5 Å². The van der Waals surface area contributed by atoms with Crippen molar-refractivity contribution < 1.29 is 4.79 Å². The number of rotatable bonds is 6. The monoisotopic (exact) mass is 401 g/mol. The summed E-state index contributed by atoms with van der Waals surface area (Å²) < 4.78 is 1.28. The maximum atomic E-state index is 13.0. The summed E-state index contributed by atoms with van der Waals surface area (Å²) in [7, 11) is 0. The third-order valence-electron chi connectivity index (χ3n) is 5.19. The van der Waals surface area contributed by atoms with Gasteiger partial charge in [-0.1, -0.05) is 67.6 Å². The summed E-state index contributed by atoms with van der Waals surface area (Å²) in [5.41, 5.74) is 2.97. The molecule has 2 aromatic carbocycles. The molecule has 0 saturated heterocycles. The minimum Gasteiger partial charge on any atom is -0.294 e. The van der Waals surface area contributed by atoms with Crippen molar-refractivity contribution in [3.63, 3.8) is 0 Å². The van der Waals surface area contributed by atoms with Gasteiger partial charge in [-0.05, 0) is 24.5 Å². The zero-order chi connectivity index (χ0) is 21.1. The first kappa shape index (κ1) is 19.6. The fraction of sp³-hybridized carbons (Fsp3) is 0.217. The van der Waals surface area contributed by atoms with Crippen molar-refractivity contribution >= 4 is 17.6 Å². The van der Waals surface area contributed by atoms with Gasteiger partial charge in [0.2, 0.25) is 11.9 Å². The molecule has 1 atom stereocenters. The molecule has 2 N–H and O–H groups in total. The number of fused-ring (bicyclic) bond motifs is 1. The van der Waals surface area contributed by atoms with Gasteiger partial charge in [0.25, 0.3) is 11.3 Å². The van der Waals surface area contributed by atoms with Gasteiger partial charge in [-0.15, -0.1) is 0 Å². The van der Waals surface area contributed by atoms with Gasteiger partial charge in [0.1, 0.15) is 0 Å². The van der Waals surface area contributed by atoms with Gasteiger partial charge in [0.15, 0.2) is 0 Å². The highest BCUT2D eigenvalue weighted by molar-refractivity contribution is 5.94. The predicted octanol–water partition coefficient (Wildman–Crippen LogP) is 3.45. The second-order valence-corrected chi connectivity index (χ2v) is 7.21. The van der Waals surface area contributed by atoms with E-state index in [9.17, 15) is 9.59 Å². The van der Waals surface area contributed by atoms with Gasteiger partial charge < -0.3 is 0 Å². The molecule has 152 valence electrons. The van der Waals surface area contributed by atoms with E-state index >= 15 is 0 Å². The Hall–Kier alpha value is -3.74. The van der Waals surface area contributed by atoms with Crippen LogP contribution < -0.4 is 10.9 Å². The molecule has 0 spiro atoms. The number of aromatic nitrogens is 4. The van der Waals surface area contributed by atoms with Crippen LogP contribution in [0, 0.1) is 6.92 Å². The molecule has 7 nitrogen and oxygen atoms in total. The van der Waals surface area contributed by atoms with E-state index in [0.717, 1.165) is 11.1 Å². The number of nitrogens with zero attached hydrogens (tertiary/aromatic N) is 3. The average molecular weight is 401 g/mol. The first-order valence-electron chi connectivity index (χ1n) is 9.94. The van der Waals surface area contributed by atoms with Crippen LogP contribution in [0.1, 0.15) is 41.6 Å². The van der Waals surface area contributed by atoms with Crippen LogP contribution in [0.25, 0.3) is 5.78 Å². The van der Waals surface area contributed by atoms with E-state index in [1.807, 2.05) is 67.6 Å². The predicted molar refractivity (Wildman–Crippen MR) is 116 cm³/mol. The van der Waals surface area contributed by atoms with E-state index in [0.29, 0.717) is 24.1 Å². The topological polar surface area (TPSA) is 92.2 Å².